The van der Waals surface area contributed by atoms with E-state index in [1.165, 1.54) is 17.3 Å². The summed E-state index contributed by atoms with van der Waals surface area (Å²) in [6, 6.07) is 20.0. The van der Waals surface area contributed by atoms with E-state index in [-0.39, 0.29) is 5.41 Å². The number of nitrogens with two attached hydrogens (primary N) is 1. The predicted octanol–water partition coefficient (Wildman–Crippen LogP) is 6.22. The van der Waals surface area contributed by atoms with Crippen molar-refractivity contribution in [3.05, 3.63) is 115 Å². The number of hydrogen-bond acceptors (Lipinski definition) is 4. The van der Waals surface area contributed by atoms with Crippen LogP contribution in [0.2, 0.25) is 0 Å². The predicted molar refractivity (Wildman–Crippen MR) is 131 cm³/mol. The van der Waals surface area contributed by atoms with Gasteiger partial charge in [-0.15, -0.1) is 0 Å². The van der Waals surface area contributed by atoms with Crippen LogP contribution in [0, 0.1) is 0 Å². The summed E-state index contributed by atoms with van der Waals surface area (Å²) in [5.74, 6) is 0. The lowest BCUT2D eigenvalue weighted by atomic mass is 9.87. The van der Waals surface area contributed by atoms with E-state index < -0.39 is 0 Å². The molecule has 0 atom stereocenters. The fourth-order valence-electron chi connectivity index (χ4n) is 2.67. The molecule has 1 aliphatic carbocycles. The topological polar surface area (TPSA) is 64.2 Å². The lowest BCUT2D eigenvalue weighted by Gasteiger charge is -2.16. The van der Waals surface area contributed by atoms with Crippen molar-refractivity contribution in [2.24, 2.45) is 10.7 Å². The minimum absolute atomic E-state index is 0.247. The Bertz CT molecular complexity index is 890. The fraction of sp³-hybridized carbons (Fsp3) is 0.115. The molecule has 0 saturated carbocycles. The molecule has 2 N–H and O–H groups in total. The molecule has 1 aromatic heterocycles. The minimum atomic E-state index is 0.247. The number of nitrogens with zero attached hydrogens (tertiary/aromatic N) is 3. The molecule has 4 heteroatoms. The van der Waals surface area contributed by atoms with Gasteiger partial charge in [0, 0.05) is 17.8 Å². The largest absolute Gasteiger partial charge is 0.405 e. The van der Waals surface area contributed by atoms with Crippen molar-refractivity contribution >= 4 is 24.6 Å². The van der Waals surface area contributed by atoms with E-state index in [1.54, 1.807) is 18.5 Å². The number of allylic oxidation sites excluding steroid dienone is 1. The van der Waals surface area contributed by atoms with Gasteiger partial charge in [0.2, 0.25) is 0 Å². The average molecular weight is 399 g/mol. The van der Waals surface area contributed by atoms with Crippen LogP contribution in [0.15, 0.2) is 103 Å². The molecule has 4 rings (SSSR count). The highest BCUT2D eigenvalue weighted by atomic mass is 15.1. The number of fused-ring (bicyclic) bond motifs is 1. The Labute approximate surface area is 180 Å². The van der Waals surface area contributed by atoms with E-state index in [0.717, 1.165) is 11.3 Å². The van der Waals surface area contributed by atoms with E-state index in [9.17, 15) is 0 Å². The Morgan fingerprint density at radius 2 is 1.47 bits per heavy atom. The van der Waals surface area contributed by atoms with Gasteiger partial charge >= 0.3 is 0 Å². The average Bonchev–Trinajstić information content (AvgIpc) is 3.11. The maximum Gasteiger partial charge on any atom is 0.0694 e. The van der Waals surface area contributed by atoms with Crippen molar-refractivity contribution in [3.63, 3.8) is 0 Å². The second kappa shape index (κ2) is 13.4. The zero-order valence-electron chi connectivity index (χ0n) is 17.8. The third-order valence-electron chi connectivity index (χ3n) is 4.14. The van der Waals surface area contributed by atoms with E-state index in [4.69, 9.17) is 0 Å². The minimum Gasteiger partial charge on any atom is -0.405 e. The van der Waals surface area contributed by atoms with Gasteiger partial charge in [-0.1, -0.05) is 87.7 Å². The van der Waals surface area contributed by atoms with Crippen molar-refractivity contribution in [3.8, 4) is 0 Å². The van der Waals surface area contributed by atoms with E-state index in [1.807, 2.05) is 36.4 Å². The zero-order chi connectivity index (χ0) is 22.2. The van der Waals surface area contributed by atoms with Crippen LogP contribution in [0.5, 0.6) is 0 Å². The molecule has 3 aromatic rings. The lowest BCUT2D eigenvalue weighted by molar-refractivity contribution is 0.683. The maximum atomic E-state index is 4.61. The Morgan fingerprint density at radius 3 is 1.93 bits per heavy atom. The summed E-state index contributed by atoms with van der Waals surface area (Å²) >= 11 is 0. The number of aliphatic imine (C=N–C) groups is 1. The van der Waals surface area contributed by atoms with Crippen molar-refractivity contribution < 1.29 is 0 Å². The van der Waals surface area contributed by atoms with Crippen LogP contribution in [0.1, 0.15) is 30.5 Å². The Kier molecular flexibility index (Phi) is 10.8. The lowest BCUT2D eigenvalue weighted by Crippen LogP contribution is -2.10. The fourth-order valence-corrected chi connectivity index (χ4v) is 2.67. The van der Waals surface area contributed by atoms with Crippen molar-refractivity contribution in [2.75, 3.05) is 0 Å². The SMILES string of the molecule is C=CN.C=Cc1ccccc1N=C.CC1(C)C=Cc2ccccc21.c1ccnnc1. The molecule has 0 fully saturated rings. The van der Waals surface area contributed by atoms with Crippen LogP contribution in [0.4, 0.5) is 5.69 Å². The summed E-state index contributed by atoms with van der Waals surface area (Å²) in [6.45, 7) is 14.7. The second-order valence-corrected chi connectivity index (χ2v) is 6.71. The Balaban J connectivity index is 0.000000218. The number of aromatic nitrogens is 2. The molecular weight excluding hydrogens is 368 g/mol. The molecule has 0 spiro atoms. The number of hydrogen-bond donors (Lipinski definition) is 1. The zero-order valence-corrected chi connectivity index (χ0v) is 17.8. The van der Waals surface area contributed by atoms with Crippen LogP contribution in [0.25, 0.3) is 12.2 Å². The van der Waals surface area contributed by atoms with Crippen LogP contribution in [-0.2, 0) is 5.41 Å². The molecule has 0 aliphatic heterocycles. The molecule has 0 bridgehead atoms. The van der Waals surface area contributed by atoms with Crippen LogP contribution in [0.3, 0.4) is 0 Å². The maximum absolute atomic E-state index is 4.61. The molecule has 0 amide bonds. The highest BCUT2D eigenvalue weighted by Gasteiger charge is 2.23. The highest BCUT2D eigenvalue weighted by Crippen LogP contribution is 2.34. The van der Waals surface area contributed by atoms with E-state index >= 15 is 0 Å². The summed E-state index contributed by atoms with van der Waals surface area (Å²) in [6.07, 6.45) is 10.8. The molecule has 30 heavy (non-hydrogen) atoms. The molecule has 4 nitrogen and oxygen atoms in total. The van der Waals surface area contributed by atoms with Gasteiger partial charge in [0.05, 0.1) is 5.69 Å². The first kappa shape index (κ1) is 24.2. The van der Waals surface area contributed by atoms with Gasteiger partial charge in [-0.05, 0) is 47.8 Å². The summed E-state index contributed by atoms with van der Waals surface area (Å²) in [4.78, 5) is 3.82. The molecule has 0 saturated heterocycles. The van der Waals surface area contributed by atoms with Crippen LogP contribution < -0.4 is 5.73 Å². The summed E-state index contributed by atoms with van der Waals surface area (Å²) < 4.78 is 0. The first-order chi connectivity index (χ1) is 14.5. The monoisotopic (exact) mass is 398 g/mol. The van der Waals surface area contributed by atoms with Gasteiger partial charge < -0.3 is 5.73 Å². The summed E-state index contributed by atoms with van der Waals surface area (Å²) in [5.41, 5.74) is 9.59. The molecule has 154 valence electrons. The highest BCUT2D eigenvalue weighted by molar-refractivity contribution is 5.65. The van der Waals surface area contributed by atoms with Gasteiger partial charge in [0.1, 0.15) is 0 Å². The second-order valence-electron chi connectivity index (χ2n) is 6.71. The quantitative estimate of drug-likeness (QED) is 0.521. The summed E-state index contributed by atoms with van der Waals surface area (Å²) in [7, 11) is 0. The molecule has 0 radical (unpaired) electrons. The number of para-hydroxylation sites is 1. The Hall–Kier alpha value is -3.79. The standard InChI is InChI=1S/C11H12.C9H9N.C4H4N2.C2H5N/c1-11(2)8-7-9-5-3-4-6-10(9)11;1-3-8-6-4-5-7-9(8)10-2;1-2-4-6-5-3-1;1-2-3/h3-8H,1-2H3;3-7H,1-2H2;1-4H;2H,1,3H2. The molecule has 1 heterocycles. The number of benzene rings is 2. The van der Waals surface area contributed by atoms with Crippen LogP contribution in [-0.4, -0.2) is 16.9 Å². The first-order valence-electron chi connectivity index (χ1n) is 9.51. The normalized spacial score (nSPS) is 11.7. The molecule has 2 aromatic carbocycles. The van der Waals surface area contributed by atoms with E-state index in [0.29, 0.717) is 0 Å². The molecule has 1 aliphatic rings. The van der Waals surface area contributed by atoms with Gasteiger partial charge in [0.25, 0.3) is 0 Å². The smallest absolute Gasteiger partial charge is 0.0694 e. The molecule has 0 unspecified atom stereocenters. The molecular formula is C26H30N4. The van der Waals surface area contributed by atoms with E-state index in [2.05, 4.69) is 91.1 Å². The van der Waals surface area contributed by atoms with Crippen molar-refractivity contribution in [2.45, 2.75) is 19.3 Å². The van der Waals surface area contributed by atoms with Gasteiger partial charge in [0.15, 0.2) is 0 Å². The third kappa shape index (κ3) is 8.07. The Morgan fingerprint density at radius 1 is 0.900 bits per heavy atom. The summed E-state index contributed by atoms with van der Waals surface area (Å²) in [5, 5.41) is 7.07. The van der Waals surface area contributed by atoms with Crippen LogP contribution >= 0.6 is 0 Å². The van der Waals surface area contributed by atoms with Crippen molar-refractivity contribution in [1.29, 1.82) is 0 Å². The third-order valence-corrected chi connectivity index (χ3v) is 4.14. The van der Waals surface area contributed by atoms with Gasteiger partial charge in [-0.25, -0.2) is 0 Å². The van der Waals surface area contributed by atoms with Gasteiger partial charge in [-0.3, -0.25) is 4.99 Å². The first-order valence-corrected chi connectivity index (χ1v) is 9.51. The van der Waals surface area contributed by atoms with Crippen molar-refractivity contribution in [1.82, 2.24) is 10.2 Å². The van der Waals surface area contributed by atoms with Gasteiger partial charge in [-0.2, -0.15) is 10.2 Å². The number of rotatable bonds is 2.